The molecule has 0 N–H and O–H groups in total. The summed E-state index contributed by atoms with van der Waals surface area (Å²) in [4.78, 5) is 4.72. The highest BCUT2D eigenvalue weighted by atomic mass is 19.1. The van der Waals surface area contributed by atoms with Gasteiger partial charge in [-0.25, -0.2) is 4.39 Å². The Bertz CT molecular complexity index is 395. The van der Waals surface area contributed by atoms with E-state index < -0.39 is 0 Å². The molecule has 0 atom stereocenters. The van der Waals surface area contributed by atoms with E-state index >= 15 is 0 Å². The molecule has 0 radical (unpaired) electrons. The van der Waals surface area contributed by atoms with Crippen LogP contribution in [0.15, 0.2) is 18.2 Å². The minimum Gasteiger partial charge on any atom is -0.304 e. The number of nitrogens with zero attached hydrogens (tertiary/aromatic N) is 2. The van der Waals surface area contributed by atoms with Crippen molar-refractivity contribution in [2.45, 2.75) is 26.3 Å². The molecule has 0 amide bonds. The number of hydrogen-bond donors (Lipinski definition) is 0. The highest BCUT2D eigenvalue weighted by Crippen LogP contribution is 2.20. The minimum atomic E-state index is -0.0587. The zero-order valence-electron chi connectivity index (χ0n) is 11.6. The smallest absolute Gasteiger partial charge is 0.126 e. The Hall–Kier alpha value is -0.930. The first-order chi connectivity index (χ1) is 8.56. The molecule has 1 aromatic carbocycles. The number of benzene rings is 1. The summed E-state index contributed by atoms with van der Waals surface area (Å²) < 4.78 is 13.9. The van der Waals surface area contributed by atoms with Crippen LogP contribution in [0.3, 0.4) is 0 Å². The van der Waals surface area contributed by atoms with E-state index in [1.165, 1.54) is 0 Å². The van der Waals surface area contributed by atoms with Gasteiger partial charge in [0.05, 0.1) is 0 Å². The maximum Gasteiger partial charge on any atom is 0.126 e. The zero-order chi connectivity index (χ0) is 13.1. The van der Waals surface area contributed by atoms with Crippen molar-refractivity contribution in [2.24, 2.45) is 0 Å². The number of piperazine rings is 1. The average Bonchev–Trinajstić information content (AvgIpc) is 2.32. The summed E-state index contributed by atoms with van der Waals surface area (Å²) >= 11 is 0. The molecule has 100 valence electrons. The molecule has 0 unspecified atom stereocenters. The summed E-state index contributed by atoms with van der Waals surface area (Å²) in [7, 11) is 2.15. The van der Waals surface area contributed by atoms with Gasteiger partial charge < -0.3 is 4.90 Å². The Kier molecular flexibility index (Phi) is 4.36. The second kappa shape index (κ2) is 5.81. The third-order valence-electron chi connectivity index (χ3n) is 3.69. The summed E-state index contributed by atoms with van der Waals surface area (Å²) in [5.74, 6) is 0.194. The molecule has 0 spiro atoms. The maximum atomic E-state index is 13.9. The van der Waals surface area contributed by atoms with Crippen molar-refractivity contribution < 1.29 is 4.39 Å². The summed E-state index contributed by atoms with van der Waals surface area (Å²) in [6.45, 7) is 9.27. The largest absolute Gasteiger partial charge is 0.304 e. The van der Waals surface area contributed by atoms with E-state index in [1.54, 1.807) is 6.07 Å². The molecule has 1 fully saturated rings. The highest BCUT2D eigenvalue weighted by Gasteiger charge is 2.14. The summed E-state index contributed by atoms with van der Waals surface area (Å²) in [5.41, 5.74) is 1.90. The molecule has 0 aliphatic carbocycles. The van der Waals surface area contributed by atoms with Crippen molar-refractivity contribution in [3.05, 3.63) is 35.1 Å². The first-order valence-corrected chi connectivity index (χ1v) is 6.75. The standard InChI is InChI=1S/C15H23FN2/c1-12(2)14-5-4-13(10-15(14)16)11-18-8-6-17(3)7-9-18/h4-5,10,12H,6-9,11H2,1-3H3. The van der Waals surface area contributed by atoms with Gasteiger partial charge >= 0.3 is 0 Å². The fourth-order valence-electron chi connectivity index (χ4n) is 2.40. The van der Waals surface area contributed by atoms with E-state index in [2.05, 4.69) is 22.9 Å². The van der Waals surface area contributed by atoms with Crippen molar-refractivity contribution in [1.29, 1.82) is 0 Å². The van der Waals surface area contributed by atoms with Crippen molar-refractivity contribution in [3.63, 3.8) is 0 Å². The number of halogens is 1. The predicted octanol–water partition coefficient (Wildman–Crippen LogP) is 2.70. The van der Waals surface area contributed by atoms with Crippen LogP contribution in [-0.4, -0.2) is 43.0 Å². The molecule has 2 rings (SSSR count). The number of rotatable bonds is 3. The minimum absolute atomic E-state index is 0.0587. The lowest BCUT2D eigenvalue weighted by Gasteiger charge is -2.32. The lowest BCUT2D eigenvalue weighted by molar-refractivity contribution is 0.148. The van der Waals surface area contributed by atoms with Gasteiger partial charge in [-0.1, -0.05) is 26.0 Å². The molecule has 1 aliphatic rings. The Morgan fingerprint density at radius 1 is 1.17 bits per heavy atom. The second-order valence-electron chi connectivity index (χ2n) is 5.59. The normalized spacial score (nSPS) is 18.5. The Balaban J connectivity index is 2.00. The monoisotopic (exact) mass is 250 g/mol. The van der Waals surface area contributed by atoms with Gasteiger partial charge in [0.15, 0.2) is 0 Å². The lowest BCUT2D eigenvalue weighted by atomic mass is 10.0. The van der Waals surface area contributed by atoms with Crippen LogP contribution in [0, 0.1) is 5.82 Å². The molecule has 0 bridgehead atoms. The predicted molar refractivity (Wildman–Crippen MR) is 73.3 cm³/mol. The molecular formula is C15H23FN2. The van der Waals surface area contributed by atoms with Crippen LogP contribution in [-0.2, 0) is 6.54 Å². The van der Waals surface area contributed by atoms with E-state index in [0.29, 0.717) is 0 Å². The van der Waals surface area contributed by atoms with Crippen LogP contribution < -0.4 is 0 Å². The van der Waals surface area contributed by atoms with Crippen LogP contribution in [0.5, 0.6) is 0 Å². The third kappa shape index (κ3) is 3.30. The SMILES string of the molecule is CC(C)c1ccc(CN2CCN(C)CC2)cc1F. The van der Waals surface area contributed by atoms with Gasteiger partial charge in [-0.3, -0.25) is 4.90 Å². The fraction of sp³-hybridized carbons (Fsp3) is 0.600. The zero-order valence-corrected chi connectivity index (χ0v) is 11.6. The summed E-state index contributed by atoms with van der Waals surface area (Å²) in [6.07, 6.45) is 0. The van der Waals surface area contributed by atoms with Crippen LogP contribution in [0.4, 0.5) is 4.39 Å². The Labute approximate surface area is 109 Å². The molecule has 2 nitrogen and oxygen atoms in total. The second-order valence-corrected chi connectivity index (χ2v) is 5.59. The average molecular weight is 250 g/mol. The molecule has 0 aromatic heterocycles. The first-order valence-electron chi connectivity index (χ1n) is 6.75. The van der Waals surface area contributed by atoms with Gasteiger partial charge in [0.25, 0.3) is 0 Å². The van der Waals surface area contributed by atoms with E-state index in [4.69, 9.17) is 0 Å². The lowest BCUT2D eigenvalue weighted by Crippen LogP contribution is -2.43. The van der Waals surface area contributed by atoms with Crippen LogP contribution >= 0.6 is 0 Å². The Morgan fingerprint density at radius 2 is 1.83 bits per heavy atom. The van der Waals surface area contributed by atoms with Crippen LogP contribution in [0.25, 0.3) is 0 Å². The van der Waals surface area contributed by atoms with Crippen LogP contribution in [0.1, 0.15) is 30.9 Å². The molecule has 18 heavy (non-hydrogen) atoms. The summed E-state index contributed by atoms with van der Waals surface area (Å²) in [6, 6.07) is 5.70. The fourth-order valence-corrected chi connectivity index (χ4v) is 2.40. The van der Waals surface area contributed by atoms with E-state index in [0.717, 1.165) is 43.9 Å². The molecular weight excluding hydrogens is 227 g/mol. The molecule has 1 aliphatic heterocycles. The van der Waals surface area contributed by atoms with Gasteiger partial charge in [-0.15, -0.1) is 0 Å². The Morgan fingerprint density at radius 3 is 2.39 bits per heavy atom. The van der Waals surface area contributed by atoms with Gasteiger partial charge in [0.2, 0.25) is 0 Å². The van der Waals surface area contributed by atoms with Gasteiger partial charge in [-0.2, -0.15) is 0 Å². The van der Waals surface area contributed by atoms with Crippen molar-refractivity contribution >= 4 is 0 Å². The quantitative estimate of drug-likeness (QED) is 0.814. The first kappa shape index (κ1) is 13.5. The topological polar surface area (TPSA) is 6.48 Å². The summed E-state index contributed by atoms with van der Waals surface area (Å²) in [5, 5.41) is 0. The van der Waals surface area contributed by atoms with Crippen LogP contribution in [0.2, 0.25) is 0 Å². The van der Waals surface area contributed by atoms with Crippen molar-refractivity contribution in [3.8, 4) is 0 Å². The van der Waals surface area contributed by atoms with E-state index in [1.807, 2.05) is 19.9 Å². The molecule has 0 saturated carbocycles. The highest BCUT2D eigenvalue weighted by molar-refractivity contribution is 5.26. The molecule has 1 saturated heterocycles. The number of hydrogen-bond acceptors (Lipinski definition) is 2. The van der Waals surface area contributed by atoms with Crippen molar-refractivity contribution in [2.75, 3.05) is 33.2 Å². The number of likely N-dealkylation sites (N-methyl/N-ethyl adjacent to an activating group) is 1. The maximum absolute atomic E-state index is 13.9. The third-order valence-corrected chi connectivity index (χ3v) is 3.69. The van der Waals surface area contributed by atoms with E-state index in [9.17, 15) is 4.39 Å². The van der Waals surface area contributed by atoms with Gasteiger partial charge in [0.1, 0.15) is 5.82 Å². The van der Waals surface area contributed by atoms with E-state index in [-0.39, 0.29) is 11.7 Å². The van der Waals surface area contributed by atoms with Gasteiger partial charge in [0, 0.05) is 32.7 Å². The van der Waals surface area contributed by atoms with Gasteiger partial charge in [-0.05, 0) is 30.2 Å². The molecule has 1 heterocycles. The molecule has 1 aromatic rings. The van der Waals surface area contributed by atoms with Crippen molar-refractivity contribution in [1.82, 2.24) is 9.80 Å². The molecule has 3 heteroatoms.